The number of H-pyrrole nitrogens is 1. The maximum absolute atomic E-state index is 12.8. The first-order chi connectivity index (χ1) is 14.5. The molecule has 0 amide bonds. The number of rotatable bonds is 8. The van der Waals surface area contributed by atoms with Crippen molar-refractivity contribution < 1.29 is 4.79 Å². The predicted octanol–water partition coefficient (Wildman–Crippen LogP) is 2.02. The molecule has 0 bridgehead atoms. The summed E-state index contributed by atoms with van der Waals surface area (Å²) in [5.74, 6) is 0.0921. The molecule has 10 heteroatoms. The second-order valence-corrected chi connectivity index (χ2v) is 8.12. The number of nitrogens with one attached hydrogen (secondary N) is 2. The van der Waals surface area contributed by atoms with Gasteiger partial charge in [-0.1, -0.05) is 30.8 Å². The summed E-state index contributed by atoms with van der Waals surface area (Å²) in [6.45, 7) is 2.19. The summed E-state index contributed by atoms with van der Waals surface area (Å²) in [4.78, 5) is 48.2. The molecule has 0 aliphatic heterocycles. The maximum atomic E-state index is 12.8. The van der Waals surface area contributed by atoms with E-state index in [4.69, 9.17) is 5.73 Å². The number of nitrogen functional groups attached to an aromatic ring is 1. The number of aromatic amines is 1. The second kappa shape index (κ2) is 8.31. The Kier molecular flexibility index (Phi) is 5.58. The molecular formula is C20H22N6O3S. The highest BCUT2D eigenvalue weighted by atomic mass is 32.2. The zero-order valence-electron chi connectivity index (χ0n) is 16.5. The molecule has 1 saturated carbocycles. The number of para-hydroxylation sites is 1. The molecule has 0 atom stereocenters. The molecular weight excluding hydrogens is 404 g/mol. The molecule has 0 spiro atoms. The van der Waals surface area contributed by atoms with Crippen molar-refractivity contribution in [3.63, 3.8) is 0 Å². The van der Waals surface area contributed by atoms with Gasteiger partial charge in [0, 0.05) is 18.0 Å². The fourth-order valence-electron chi connectivity index (χ4n) is 3.16. The lowest BCUT2D eigenvalue weighted by atomic mass is 10.2. The van der Waals surface area contributed by atoms with E-state index >= 15 is 0 Å². The van der Waals surface area contributed by atoms with E-state index in [1.165, 1.54) is 4.57 Å². The minimum atomic E-state index is -0.772. The first kappa shape index (κ1) is 20.1. The average molecular weight is 427 g/mol. The highest BCUT2D eigenvalue weighted by Crippen LogP contribution is 2.30. The van der Waals surface area contributed by atoms with E-state index in [-0.39, 0.29) is 17.1 Å². The number of Topliss-reactive ketones (excluding diaryl/α,β-unsaturated/α-hetero) is 1. The van der Waals surface area contributed by atoms with Gasteiger partial charge < -0.3 is 11.1 Å². The van der Waals surface area contributed by atoms with Crippen molar-refractivity contribution in [2.24, 2.45) is 0 Å². The van der Waals surface area contributed by atoms with Crippen molar-refractivity contribution in [2.75, 3.05) is 16.8 Å². The van der Waals surface area contributed by atoms with Crippen molar-refractivity contribution in [3.8, 4) is 0 Å². The zero-order chi connectivity index (χ0) is 21.3. The number of hydrogen-bond donors (Lipinski definition) is 3. The van der Waals surface area contributed by atoms with Gasteiger partial charge in [0.25, 0.3) is 5.56 Å². The highest BCUT2D eigenvalue weighted by Gasteiger charge is 2.23. The number of ketones is 1. The quantitative estimate of drug-likeness (QED) is 0.283. The molecule has 30 heavy (non-hydrogen) atoms. The van der Waals surface area contributed by atoms with E-state index in [2.05, 4.69) is 20.3 Å². The van der Waals surface area contributed by atoms with Crippen LogP contribution in [0.4, 0.5) is 11.6 Å². The largest absolute Gasteiger partial charge is 0.384 e. The Bertz CT molecular complexity index is 1230. The number of carbonyl (C=O) groups is 1. The van der Waals surface area contributed by atoms with Crippen LogP contribution in [0.5, 0.6) is 0 Å². The Morgan fingerprint density at radius 2 is 2.07 bits per heavy atom. The normalized spacial score (nSPS) is 13.5. The van der Waals surface area contributed by atoms with Crippen LogP contribution in [0.2, 0.25) is 0 Å². The number of carbonyl (C=O) groups excluding carboxylic acids is 1. The van der Waals surface area contributed by atoms with Crippen molar-refractivity contribution in [1.29, 1.82) is 0 Å². The third-order valence-electron chi connectivity index (χ3n) is 4.80. The van der Waals surface area contributed by atoms with Crippen LogP contribution < -0.4 is 22.3 Å². The Morgan fingerprint density at radius 3 is 2.80 bits per heavy atom. The van der Waals surface area contributed by atoms with Crippen LogP contribution in [0.1, 0.15) is 36.5 Å². The summed E-state index contributed by atoms with van der Waals surface area (Å²) in [6, 6.07) is 8.09. The molecule has 156 valence electrons. The maximum Gasteiger partial charge on any atom is 0.329 e. The smallest absolute Gasteiger partial charge is 0.329 e. The van der Waals surface area contributed by atoms with Crippen LogP contribution in [0.25, 0.3) is 10.9 Å². The Balaban J connectivity index is 1.60. The van der Waals surface area contributed by atoms with Crippen molar-refractivity contribution in [2.45, 2.75) is 43.9 Å². The van der Waals surface area contributed by atoms with E-state index in [1.807, 2.05) is 31.2 Å². The van der Waals surface area contributed by atoms with Gasteiger partial charge in [-0.15, -0.1) is 0 Å². The minimum Gasteiger partial charge on any atom is -0.384 e. The van der Waals surface area contributed by atoms with Gasteiger partial charge in [0.15, 0.2) is 10.9 Å². The van der Waals surface area contributed by atoms with Crippen LogP contribution in [0.3, 0.4) is 0 Å². The monoisotopic (exact) mass is 426 g/mol. The van der Waals surface area contributed by atoms with Gasteiger partial charge in [-0.3, -0.25) is 19.1 Å². The van der Waals surface area contributed by atoms with Crippen LogP contribution >= 0.6 is 11.8 Å². The number of benzene rings is 1. The topological polar surface area (TPSA) is 136 Å². The lowest BCUT2D eigenvalue weighted by molar-refractivity contribution is 0.102. The first-order valence-electron chi connectivity index (χ1n) is 9.79. The van der Waals surface area contributed by atoms with E-state index in [0.717, 1.165) is 41.3 Å². The number of thioether (sulfide) groups is 1. The van der Waals surface area contributed by atoms with E-state index in [9.17, 15) is 14.4 Å². The van der Waals surface area contributed by atoms with Crippen LogP contribution in [0, 0.1) is 0 Å². The fraction of sp³-hybridized carbons (Fsp3) is 0.350. The Labute approximate surface area is 176 Å². The van der Waals surface area contributed by atoms with Crippen molar-refractivity contribution in [1.82, 2.24) is 19.5 Å². The van der Waals surface area contributed by atoms with Gasteiger partial charge in [-0.05, 0) is 31.4 Å². The molecule has 2 heterocycles. The molecule has 0 saturated heterocycles. The van der Waals surface area contributed by atoms with E-state index < -0.39 is 17.0 Å². The van der Waals surface area contributed by atoms with E-state index in [0.29, 0.717) is 24.2 Å². The number of hydrogen-bond acceptors (Lipinski definition) is 8. The van der Waals surface area contributed by atoms with Crippen molar-refractivity contribution >= 4 is 40.1 Å². The predicted molar refractivity (Wildman–Crippen MR) is 117 cm³/mol. The molecule has 4 rings (SSSR count). The summed E-state index contributed by atoms with van der Waals surface area (Å²) in [5, 5.41) is 4.76. The van der Waals surface area contributed by atoms with Gasteiger partial charge in [0.1, 0.15) is 17.2 Å². The number of nitrogens with two attached hydrogens (primary N) is 1. The fourth-order valence-corrected chi connectivity index (χ4v) is 3.88. The molecule has 1 aliphatic carbocycles. The Hall–Kier alpha value is -3.14. The third kappa shape index (κ3) is 4.09. The van der Waals surface area contributed by atoms with Crippen molar-refractivity contribution in [3.05, 3.63) is 50.7 Å². The van der Waals surface area contributed by atoms with Crippen LogP contribution in [-0.2, 0) is 6.54 Å². The summed E-state index contributed by atoms with van der Waals surface area (Å²) in [7, 11) is 0. The third-order valence-corrected chi connectivity index (χ3v) is 5.65. The van der Waals surface area contributed by atoms with Gasteiger partial charge in [0.05, 0.1) is 11.3 Å². The number of fused-ring (bicyclic) bond motifs is 1. The standard InChI is InChI=1S/C20H22N6O3S/c1-2-9-26-16(21)15(18(28)25-20(26)29)14(27)10-30-19-23-13-6-4-3-5-12(13)17(24-19)22-11-7-8-11/h3-6,11H,2,7-10,21H2,1H3,(H,22,23,24)(H,25,28,29). The second-order valence-electron chi connectivity index (χ2n) is 7.17. The average Bonchev–Trinajstić information content (AvgIpc) is 3.53. The highest BCUT2D eigenvalue weighted by molar-refractivity contribution is 7.99. The summed E-state index contributed by atoms with van der Waals surface area (Å²) < 4.78 is 1.21. The molecule has 1 aliphatic rings. The number of nitrogens with zero attached hydrogens (tertiary/aromatic N) is 3. The minimum absolute atomic E-state index is 0.0706. The molecule has 3 aromatic rings. The van der Waals surface area contributed by atoms with Gasteiger partial charge >= 0.3 is 5.69 Å². The number of aromatic nitrogens is 4. The van der Waals surface area contributed by atoms with Gasteiger partial charge in [-0.25, -0.2) is 14.8 Å². The Morgan fingerprint density at radius 1 is 1.30 bits per heavy atom. The van der Waals surface area contributed by atoms with Crippen LogP contribution in [0.15, 0.2) is 39.0 Å². The number of anilines is 2. The molecule has 4 N–H and O–H groups in total. The summed E-state index contributed by atoms with van der Waals surface area (Å²) in [5.41, 5.74) is 5.16. The molecule has 9 nitrogen and oxygen atoms in total. The van der Waals surface area contributed by atoms with E-state index in [1.54, 1.807) is 0 Å². The van der Waals surface area contributed by atoms with Gasteiger partial charge in [0.2, 0.25) is 0 Å². The SMILES string of the molecule is CCCn1c(N)c(C(=O)CSc2nc(NC3CC3)c3ccccc3n2)c(=O)[nH]c1=O. The lowest BCUT2D eigenvalue weighted by Crippen LogP contribution is -2.36. The van der Waals surface area contributed by atoms with Gasteiger partial charge in [-0.2, -0.15) is 0 Å². The molecule has 1 aromatic carbocycles. The van der Waals surface area contributed by atoms with Crippen LogP contribution in [-0.4, -0.2) is 37.1 Å². The lowest BCUT2D eigenvalue weighted by Gasteiger charge is -2.11. The zero-order valence-corrected chi connectivity index (χ0v) is 17.3. The first-order valence-corrected chi connectivity index (χ1v) is 10.8. The molecule has 1 fully saturated rings. The molecule has 0 radical (unpaired) electrons. The molecule has 2 aromatic heterocycles. The summed E-state index contributed by atoms with van der Waals surface area (Å²) >= 11 is 1.13. The summed E-state index contributed by atoms with van der Waals surface area (Å²) in [6.07, 6.45) is 2.85. The molecule has 0 unspecified atom stereocenters.